The summed E-state index contributed by atoms with van der Waals surface area (Å²) in [5, 5.41) is 1.07. The molecule has 1 amide bonds. The highest BCUT2D eigenvalue weighted by Crippen LogP contribution is 2.29. The smallest absolute Gasteiger partial charge is 0.416 e. The van der Waals surface area contributed by atoms with Gasteiger partial charge in [0, 0.05) is 24.2 Å². The third-order valence-corrected chi connectivity index (χ3v) is 6.01. The summed E-state index contributed by atoms with van der Waals surface area (Å²) in [5.41, 5.74) is 0.278. The van der Waals surface area contributed by atoms with E-state index in [0.717, 1.165) is 17.5 Å². The zero-order chi connectivity index (χ0) is 21.9. The number of aromatic nitrogens is 1. The molecule has 2 heterocycles. The fourth-order valence-electron chi connectivity index (χ4n) is 3.09. The number of hydrogen-bond donors (Lipinski definition) is 0. The summed E-state index contributed by atoms with van der Waals surface area (Å²) >= 11 is 0. The van der Waals surface area contributed by atoms with Crippen LogP contribution in [0.1, 0.15) is 16.7 Å². The van der Waals surface area contributed by atoms with Crippen molar-refractivity contribution in [2.24, 2.45) is 0 Å². The average molecular weight is 440 g/mol. The number of pyridine rings is 1. The van der Waals surface area contributed by atoms with Crippen molar-refractivity contribution in [1.82, 2.24) is 9.88 Å². The lowest BCUT2D eigenvalue weighted by Crippen LogP contribution is -2.41. The first kappa shape index (κ1) is 21.8. The summed E-state index contributed by atoms with van der Waals surface area (Å²) in [5.74, 6) is -0.303. The van der Waals surface area contributed by atoms with E-state index in [2.05, 4.69) is 4.98 Å². The second kappa shape index (κ2) is 8.47. The monoisotopic (exact) mass is 440 g/mol. The molecule has 30 heavy (non-hydrogen) atoms. The Morgan fingerprint density at radius 3 is 2.47 bits per heavy atom. The molecule has 0 saturated carbocycles. The van der Waals surface area contributed by atoms with E-state index in [-0.39, 0.29) is 18.7 Å². The molecular weight excluding hydrogens is 421 g/mol. The van der Waals surface area contributed by atoms with Gasteiger partial charge in [0.2, 0.25) is 11.8 Å². The molecule has 1 aromatic carbocycles. The first-order valence-electron chi connectivity index (χ1n) is 8.93. The van der Waals surface area contributed by atoms with Crippen LogP contribution in [-0.2, 0) is 33.8 Å². The van der Waals surface area contributed by atoms with Crippen LogP contribution in [0.25, 0.3) is 0 Å². The van der Waals surface area contributed by atoms with Crippen LogP contribution < -0.4 is 4.74 Å². The van der Waals surface area contributed by atoms with Gasteiger partial charge in [-0.2, -0.15) is 13.2 Å². The number of benzene rings is 1. The highest BCUT2D eigenvalue weighted by Gasteiger charge is 2.32. The van der Waals surface area contributed by atoms with Gasteiger partial charge in [-0.05, 0) is 35.4 Å². The molecule has 3 rings (SSSR count). The number of halogens is 3. The predicted octanol–water partition coefficient (Wildman–Crippen LogP) is 2.99. The Hall–Kier alpha value is -2.88. The molecule has 1 aromatic heterocycles. The Balaban J connectivity index is 1.82. The highest BCUT2D eigenvalue weighted by molar-refractivity contribution is 7.94. The van der Waals surface area contributed by atoms with Crippen molar-refractivity contribution in [2.45, 2.75) is 25.2 Å². The van der Waals surface area contributed by atoms with Gasteiger partial charge in [-0.3, -0.25) is 4.79 Å². The molecule has 2 aromatic rings. The van der Waals surface area contributed by atoms with Crippen molar-refractivity contribution in [1.29, 1.82) is 0 Å². The van der Waals surface area contributed by atoms with E-state index in [1.807, 2.05) is 0 Å². The lowest BCUT2D eigenvalue weighted by atomic mass is 10.1. The van der Waals surface area contributed by atoms with Gasteiger partial charge >= 0.3 is 6.18 Å². The van der Waals surface area contributed by atoms with Crippen LogP contribution in [0.15, 0.2) is 54.1 Å². The van der Waals surface area contributed by atoms with Gasteiger partial charge in [-0.1, -0.05) is 12.1 Å². The van der Waals surface area contributed by atoms with Crippen molar-refractivity contribution >= 4 is 15.7 Å². The van der Waals surface area contributed by atoms with Gasteiger partial charge in [-0.25, -0.2) is 13.4 Å². The van der Waals surface area contributed by atoms with Gasteiger partial charge in [0.15, 0.2) is 9.84 Å². The van der Waals surface area contributed by atoms with Gasteiger partial charge in [0.05, 0.1) is 30.9 Å². The lowest BCUT2D eigenvalue weighted by molar-refractivity contribution is -0.137. The fourth-order valence-corrected chi connectivity index (χ4v) is 4.39. The molecule has 6 nitrogen and oxygen atoms in total. The lowest BCUT2D eigenvalue weighted by Gasteiger charge is -2.28. The van der Waals surface area contributed by atoms with E-state index >= 15 is 0 Å². The Kier molecular flexibility index (Phi) is 6.16. The predicted molar refractivity (Wildman–Crippen MR) is 103 cm³/mol. The third-order valence-electron chi connectivity index (χ3n) is 4.63. The van der Waals surface area contributed by atoms with E-state index < -0.39 is 33.5 Å². The summed E-state index contributed by atoms with van der Waals surface area (Å²) in [6, 6.07) is 6.96. The first-order valence-corrected chi connectivity index (χ1v) is 10.6. The standard InChI is InChI=1S/C20H19F3N2O4S/c1-29-18-10-15(6-8-24-18)12-25(17-7-9-30(27,28)13-17)19(26)11-14-2-4-16(5-3-14)20(21,22)23/h2-10,17H,11-13H2,1H3/t17-/m1/s1. The minimum absolute atomic E-state index is 0.100. The second-order valence-corrected chi connectivity index (χ2v) is 8.76. The summed E-state index contributed by atoms with van der Waals surface area (Å²) < 4.78 is 67.0. The fraction of sp³-hybridized carbons (Fsp3) is 0.300. The quantitative estimate of drug-likeness (QED) is 0.690. The number of amides is 1. The number of hydrogen-bond acceptors (Lipinski definition) is 5. The summed E-state index contributed by atoms with van der Waals surface area (Å²) in [4.78, 5) is 18.4. The molecule has 1 aliphatic rings. The number of nitrogens with zero attached hydrogens (tertiary/aromatic N) is 2. The van der Waals surface area contributed by atoms with E-state index in [0.29, 0.717) is 17.0 Å². The summed E-state index contributed by atoms with van der Waals surface area (Å²) in [6.45, 7) is 0.100. The van der Waals surface area contributed by atoms with Crippen LogP contribution in [0.5, 0.6) is 5.88 Å². The van der Waals surface area contributed by atoms with Crippen molar-refractivity contribution in [3.8, 4) is 5.88 Å². The Bertz CT molecular complexity index is 1050. The third kappa shape index (κ3) is 5.38. The van der Waals surface area contributed by atoms with Crippen molar-refractivity contribution in [2.75, 3.05) is 12.9 Å². The maximum atomic E-state index is 13.0. The van der Waals surface area contributed by atoms with Crippen LogP contribution >= 0.6 is 0 Å². The molecule has 0 fully saturated rings. The minimum atomic E-state index is -4.46. The van der Waals surface area contributed by atoms with Crippen molar-refractivity contribution in [3.63, 3.8) is 0 Å². The molecule has 0 saturated heterocycles. The molecule has 1 atom stereocenters. The molecule has 0 N–H and O–H groups in total. The normalized spacial score (nSPS) is 17.7. The number of alkyl halides is 3. The zero-order valence-corrected chi connectivity index (χ0v) is 16.8. The minimum Gasteiger partial charge on any atom is -0.481 e. The Morgan fingerprint density at radius 2 is 1.90 bits per heavy atom. The molecule has 0 aliphatic carbocycles. The van der Waals surface area contributed by atoms with Crippen molar-refractivity contribution in [3.05, 3.63) is 70.8 Å². The van der Waals surface area contributed by atoms with Gasteiger partial charge in [0.1, 0.15) is 0 Å². The molecule has 0 unspecified atom stereocenters. The Morgan fingerprint density at radius 1 is 1.20 bits per heavy atom. The highest BCUT2D eigenvalue weighted by atomic mass is 32.2. The molecule has 160 valence electrons. The van der Waals surface area contributed by atoms with E-state index in [1.165, 1.54) is 36.4 Å². The number of carbonyl (C=O) groups is 1. The van der Waals surface area contributed by atoms with Crippen LogP contribution in [0.4, 0.5) is 13.2 Å². The maximum Gasteiger partial charge on any atom is 0.416 e. The van der Waals surface area contributed by atoms with Gasteiger partial charge < -0.3 is 9.64 Å². The van der Waals surface area contributed by atoms with Crippen LogP contribution in [0.2, 0.25) is 0 Å². The molecule has 10 heteroatoms. The van der Waals surface area contributed by atoms with Gasteiger partial charge in [-0.15, -0.1) is 0 Å². The molecule has 0 radical (unpaired) electrons. The van der Waals surface area contributed by atoms with Crippen LogP contribution in [0, 0.1) is 0 Å². The van der Waals surface area contributed by atoms with E-state index in [1.54, 1.807) is 12.1 Å². The number of carbonyl (C=O) groups excluding carboxylic acids is 1. The summed E-state index contributed by atoms with van der Waals surface area (Å²) in [6.07, 6.45) is -1.67. The van der Waals surface area contributed by atoms with Crippen LogP contribution in [0.3, 0.4) is 0 Å². The number of sulfone groups is 1. The van der Waals surface area contributed by atoms with Crippen molar-refractivity contribution < 1.29 is 31.1 Å². The van der Waals surface area contributed by atoms with E-state index in [9.17, 15) is 26.4 Å². The molecule has 0 bridgehead atoms. The molecule has 0 spiro atoms. The molecule has 1 aliphatic heterocycles. The number of methoxy groups -OCH3 is 1. The number of ether oxygens (including phenoxy) is 1. The maximum absolute atomic E-state index is 13.0. The summed E-state index contributed by atoms with van der Waals surface area (Å²) in [7, 11) is -1.96. The topological polar surface area (TPSA) is 76.6 Å². The molecular formula is C20H19F3N2O4S. The largest absolute Gasteiger partial charge is 0.481 e. The zero-order valence-electron chi connectivity index (χ0n) is 16.0. The Labute approximate surface area is 171 Å². The van der Waals surface area contributed by atoms with Gasteiger partial charge in [0.25, 0.3) is 0 Å². The SMILES string of the molecule is COc1cc(CN(C(=O)Cc2ccc(C(F)(F)F)cc2)[C@@H]2C=CS(=O)(=O)C2)ccn1. The first-order chi connectivity index (χ1) is 14.1. The number of rotatable bonds is 6. The van der Waals surface area contributed by atoms with Crippen LogP contribution in [-0.4, -0.2) is 43.1 Å². The van der Waals surface area contributed by atoms with E-state index in [4.69, 9.17) is 4.74 Å². The average Bonchev–Trinajstić information content (AvgIpc) is 3.05. The second-order valence-electron chi connectivity index (χ2n) is 6.82.